The van der Waals surface area contributed by atoms with Crippen LogP contribution in [0.2, 0.25) is 5.15 Å². The minimum absolute atomic E-state index is 0.0119. The van der Waals surface area contributed by atoms with Gasteiger partial charge in [-0.15, -0.1) is 4.72 Å². The molecule has 1 aliphatic rings. The third-order valence-electron chi connectivity index (χ3n) is 3.73. The quantitative estimate of drug-likeness (QED) is 0.545. The molecule has 6 nitrogen and oxygen atoms in total. The van der Waals surface area contributed by atoms with Crippen LogP contribution in [0.3, 0.4) is 0 Å². The van der Waals surface area contributed by atoms with E-state index in [9.17, 15) is 9.66 Å². The molecule has 3 atom stereocenters. The highest BCUT2D eigenvalue weighted by molar-refractivity contribution is 7.90. The van der Waals surface area contributed by atoms with Crippen molar-refractivity contribution in [1.82, 2.24) is 9.71 Å². The van der Waals surface area contributed by atoms with Gasteiger partial charge in [0.25, 0.3) is 0 Å². The molecule has 2 rings (SSSR count). The van der Waals surface area contributed by atoms with Gasteiger partial charge in [-0.05, 0) is 33.8 Å². The molecule has 0 aliphatic carbocycles. The second kappa shape index (κ2) is 6.14. The summed E-state index contributed by atoms with van der Waals surface area (Å²) in [6.45, 7) is 7.50. The fraction of sp³-hybridized carbons (Fsp3) is 0.643. The predicted octanol–water partition coefficient (Wildman–Crippen LogP) is 1.17. The van der Waals surface area contributed by atoms with E-state index in [1.807, 2.05) is 20.8 Å². The van der Waals surface area contributed by atoms with Crippen LogP contribution in [-0.2, 0) is 22.5 Å². The Bertz CT molecular complexity index is 571. The molecule has 124 valence electrons. The molecule has 8 heteroatoms. The minimum Gasteiger partial charge on any atom is -0.598 e. The minimum atomic E-state index is -1.29. The molecule has 1 aromatic heterocycles. The van der Waals surface area contributed by atoms with E-state index in [4.69, 9.17) is 22.1 Å². The number of nitrogens with zero attached hydrogens (tertiary/aromatic N) is 1. The topological polar surface area (TPSA) is 103 Å². The molecule has 4 N–H and O–H groups in total. The van der Waals surface area contributed by atoms with Gasteiger partial charge in [-0.3, -0.25) is 0 Å². The Labute approximate surface area is 138 Å². The molecule has 0 radical (unpaired) electrons. The van der Waals surface area contributed by atoms with Crippen LogP contribution in [0.1, 0.15) is 39.0 Å². The van der Waals surface area contributed by atoms with Crippen LogP contribution in [0.25, 0.3) is 0 Å². The maximum Gasteiger partial charge on any atom is 0.171 e. The number of fused-ring (bicyclic) bond motifs is 1. The van der Waals surface area contributed by atoms with Crippen LogP contribution >= 0.6 is 11.6 Å². The second-order valence-electron chi connectivity index (χ2n) is 6.22. The first-order chi connectivity index (χ1) is 10.1. The van der Waals surface area contributed by atoms with E-state index in [0.717, 1.165) is 5.56 Å². The highest BCUT2D eigenvalue weighted by Crippen LogP contribution is 2.43. The number of hydrogen-bond donors (Lipinski definition) is 3. The zero-order chi connectivity index (χ0) is 16.7. The lowest BCUT2D eigenvalue weighted by molar-refractivity contribution is 0.0621. The molecule has 0 amide bonds. The maximum absolute atomic E-state index is 12.2. The van der Waals surface area contributed by atoms with Gasteiger partial charge in [0.1, 0.15) is 23.0 Å². The molecule has 0 aromatic carbocycles. The molecule has 0 fully saturated rings. The number of nitrogens with one attached hydrogen (secondary N) is 1. The van der Waals surface area contributed by atoms with Gasteiger partial charge in [-0.1, -0.05) is 11.6 Å². The van der Waals surface area contributed by atoms with Crippen molar-refractivity contribution in [2.24, 2.45) is 5.73 Å². The molecule has 0 saturated carbocycles. The van der Waals surface area contributed by atoms with Crippen LogP contribution in [0.4, 0.5) is 0 Å². The van der Waals surface area contributed by atoms with Gasteiger partial charge in [0.05, 0.1) is 5.69 Å². The van der Waals surface area contributed by atoms with E-state index in [1.54, 1.807) is 13.0 Å². The lowest BCUT2D eigenvalue weighted by Crippen LogP contribution is -2.47. The fourth-order valence-electron chi connectivity index (χ4n) is 2.15. The van der Waals surface area contributed by atoms with E-state index in [0.29, 0.717) is 11.4 Å². The summed E-state index contributed by atoms with van der Waals surface area (Å²) in [6.07, 6.45) is 0. The van der Waals surface area contributed by atoms with Gasteiger partial charge in [-0.2, -0.15) is 0 Å². The van der Waals surface area contributed by atoms with Crippen LogP contribution in [0.15, 0.2) is 6.07 Å². The Kier molecular flexibility index (Phi) is 4.97. The van der Waals surface area contributed by atoms with E-state index in [1.165, 1.54) is 0 Å². The van der Waals surface area contributed by atoms with Gasteiger partial charge in [0.15, 0.2) is 10.9 Å². The van der Waals surface area contributed by atoms with Gasteiger partial charge in [0, 0.05) is 23.5 Å². The second-order valence-corrected chi connectivity index (χ2v) is 8.32. The molecule has 0 bridgehead atoms. The summed E-state index contributed by atoms with van der Waals surface area (Å²) < 4.78 is 20.9. The maximum atomic E-state index is 12.2. The first-order valence-corrected chi connectivity index (χ1v) is 8.65. The highest BCUT2D eigenvalue weighted by Gasteiger charge is 2.43. The molecule has 1 aromatic rings. The van der Waals surface area contributed by atoms with Crippen molar-refractivity contribution in [1.29, 1.82) is 0 Å². The van der Waals surface area contributed by atoms with Crippen molar-refractivity contribution in [2.75, 3.05) is 13.2 Å². The van der Waals surface area contributed by atoms with Crippen LogP contribution in [0, 0.1) is 0 Å². The Morgan fingerprint density at radius 1 is 1.68 bits per heavy atom. The average molecular weight is 348 g/mol. The van der Waals surface area contributed by atoms with Gasteiger partial charge in [0.2, 0.25) is 0 Å². The normalized spacial score (nSPS) is 24.8. The summed E-state index contributed by atoms with van der Waals surface area (Å²) in [4.78, 5) is 4.17. The number of hydrogen-bond acceptors (Lipinski definition) is 6. The van der Waals surface area contributed by atoms with E-state index in [-0.39, 0.29) is 23.6 Å². The lowest BCUT2D eigenvalue weighted by Gasteiger charge is -2.28. The third-order valence-corrected chi connectivity index (χ3v) is 5.50. The molecule has 3 unspecified atom stereocenters. The van der Waals surface area contributed by atoms with Crippen molar-refractivity contribution in [3.8, 4) is 5.75 Å². The number of ether oxygens (including phenoxy) is 1. The molecule has 0 spiro atoms. The number of pyridine rings is 1. The molecular weight excluding hydrogens is 326 g/mol. The number of halogens is 1. The Hall–Kier alpha value is -0.570. The van der Waals surface area contributed by atoms with Crippen LogP contribution in [0.5, 0.6) is 5.75 Å². The Morgan fingerprint density at radius 3 is 2.86 bits per heavy atom. The summed E-state index contributed by atoms with van der Waals surface area (Å²) >= 11 is 4.95. The van der Waals surface area contributed by atoms with Crippen molar-refractivity contribution in [3.05, 3.63) is 22.5 Å². The number of nitrogens with two attached hydrogens (primary N) is 1. The fourth-order valence-corrected chi connectivity index (χ4v) is 3.24. The highest BCUT2D eigenvalue weighted by atomic mass is 35.5. The largest absolute Gasteiger partial charge is 0.598 e. The number of aliphatic hydroxyl groups is 1. The lowest BCUT2D eigenvalue weighted by atomic mass is 9.92. The summed E-state index contributed by atoms with van der Waals surface area (Å²) in [5.41, 5.74) is 4.73. The van der Waals surface area contributed by atoms with Crippen molar-refractivity contribution < 1.29 is 14.4 Å². The van der Waals surface area contributed by atoms with E-state index >= 15 is 0 Å². The molecule has 22 heavy (non-hydrogen) atoms. The summed E-state index contributed by atoms with van der Waals surface area (Å²) in [5.74, 6) is 0.453. The Morgan fingerprint density at radius 2 is 2.32 bits per heavy atom. The Balaban J connectivity index is 2.45. The van der Waals surface area contributed by atoms with Gasteiger partial charge in [-0.25, -0.2) is 4.98 Å². The average Bonchev–Trinajstić information content (AvgIpc) is 2.76. The summed E-state index contributed by atoms with van der Waals surface area (Å²) in [6, 6.07) is 1.71. The standard InChI is InChI=1S/C14H22ClN3O3S/c1-8(2)22(20)18-13(3)7-21-11-9(13)5-10(17-12(11)15)14(4,19)6-16/h5,8,18-19H,6-7,16H2,1-4H3. The van der Waals surface area contributed by atoms with Crippen LogP contribution in [-0.4, -0.2) is 33.0 Å². The number of rotatable bonds is 5. The zero-order valence-electron chi connectivity index (χ0n) is 13.1. The van der Waals surface area contributed by atoms with E-state index in [2.05, 4.69) is 9.71 Å². The third kappa shape index (κ3) is 3.20. The summed E-state index contributed by atoms with van der Waals surface area (Å²) in [7, 11) is 0. The predicted molar refractivity (Wildman–Crippen MR) is 87.1 cm³/mol. The van der Waals surface area contributed by atoms with Crippen molar-refractivity contribution >= 4 is 23.0 Å². The first kappa shape index (κ1) is 17.8. The smallest absolute Gasteiger partial charge is 0.171 e. The molecule has 2 heterocycles. The van der Waals surface area contributed by atoms with Gasteiger partial charge >= 0.3 is 0 Å². The number of aromatic nitrogens is 1. The van der Waals surface area contributed by atoms with Crippen LogP contribution < -0.4 is 15.2 Å². The van der Waals surface area contributed by atoms with Crippen molar-refractivity contribution in [3.63, 3.8) is 0 Å². The molecule has 1 aliphatic heterocycles. The van der Waals surface area contributed by atoms with Crippen molar-refractivity contribution in [2.45, 2.75) is 44.1 Å². The molecule has 0 saturated heterocycles. The van der Waals surface area contributed by atoms with E-state index < -0.39 is 22.5 Å². The molecular formula is C14H22ClN3O3S. The first-order valence-electron chi connectivity index (χ1n) is 7.06. The van der Waals surface area contributed by atoms with Gasteiger partial charge < -0.3 is 20.1 Å². The monoisotopic (exact) mass is 347 g/mol. The zero-order valence-corrected chi connectivity index (χ0v) is 14.7. The summed E-state index contributed by atoms with van der Waals surface area (Å²) in [5, 5.41) is 10.5. The SMILES string of the molecule is CC(C)[S+]([O-])NC1(C)COc2c1cc(C(C)(O)CN)nc2Cl.